The monoisotopic (exact) mass is 196 g/mol. The van der Waals surface area contributed by atoms with E-state index in [4.69, 9.17) is 0 Å². The van der Waals surface area contributed by atoms with E-state index in [9.17, 15) is 0 Å². The fraction of sp³-hybridized carbons (Fsp3) is 0.667. The number of rotatable bonds is 2. The summed E-state index contributed by atoms with van der Waals surface area (Å²) in [7, 11) is 0. The average Bonchev–Trinajstić information content (AvgIpc) is 2.31. The van der Waals surface area contributed by atoms with Crippen molar-refractivity contribution in [3.05, 3.63) is 21.9 Å². The number of hydrogen-bond acceptors (Lipinski definition) is 1. The van der Waals surface area contributed by atoms with E-state index < -0.39 is 0 Å². The Morgan fingerprint density at radius 2 is 1.92 bits per heavy atom. The van der Waals surface area contributed by atoms with Gasteiger partial charge in [0.05, 0.1) is 0 Å². The molecule has 0 spiro atoms. The van der Waals surface area contributed by atoms with Gasteiger partial charge in [0, 0.05) is 9.75 Å². The Balaban J connectivity index is 2.64. The van der Waals surface area contributed by atoms with E-state index >= 15 is 0 Å². The third-order valence-corrected chi connectivity index (χ3v) is 3.40. The first-order chi connectivity index (χ1) is 5.88. The molecule has 1 unspecified atom stereocenters. The summed E-state index contributed by atoms with van der Waals surface area (Å²) in [6.07, 6.45) is 1.27. The van der Waals surface area contributed by atoms with Crippen LogP contribution in [-0.2, 0) is 0 Å². The van der Waals surface area contributed by atoms with Gasteiger partial charge in [-0.1, -0.05) is 27.7 Å². The lowest BCUT2D eigenvalue weighted by Crippen LogP contribution is -2.08. The van der Waals surface area contributed by atoms with Crippen molar-refractivity contribution < 1.29 is 0 Å². The van der Waals surface area contributed by atoms with Crippen LogP contribution in [0, 0.1) is 12.3 Å². The zero-order chi connectivity index (χ0) is 10.1. The molecule has 1 aromatic heterocycles. The average molecular weight is 196 g/mol. The highest BCUT2D eigenvalue weighted by molar-refractivity contribution is 7.12. The normalized spacial score (nSPS) is 14.5. The molecule has 1 heterocycles. The molecule has 0 aliphatic carbocycles. The Labute approximate surface area is 86.0 Å². The topological polar surface area (TPSA) is 0 Å². The third-order valence-electron chi connectivity index (χ3n) is 2.17. The fourth-order valence-corrected chi connectivity index (χ4v) is 2.67. The van der Waals surface area contributed by atoms with Crippen molar-refractivity contribution in [2.75, 3.05) is 0 Å². The van der Waals surface area contributed by atoms with Crippen LogP contribution < -0.4 is 0 Å². The molecule has 0 fully saturated rings. The van der Waals surface area contributed by atoms with Gasteiger partial charge in [-0.15, -0.1) is 11.3 Å². The minimum absolute atomic E-state index is 0.442. The van der Waals surface area contributed by atoms with E-state index in [1.54, 1.807) is 0 Å². The van der Waals surface area contributed by atoms with Gasteiger partial charge in [-0.3, -0.25) is 0 Å². The van der Waals surface area contributed by atoms with Crippen LogP contribution in [0.1, 0.15) is 49.8 Å². The van der Waals surface area contributed by atoms with E-state index in [0.717, 1.165) is 0 Å². The lowest BCUT2D eigenvalue weighted by Gasteiger charge is -2.22. The SMILES string of the molecule is Cc1ccc(C(C)CC(C)(C)C)s1. The van der Waals surface area contributed by atoms with Crippen molar-refractivity contribution >= 4 is 11.3 Å². The highest BCUT2D eigenvalue weighted by Gasteiger charge is 2.17. The standard InChI is InChI=1S/C12H20S/c1-9(8-12(3,4)5)11-7-6-10(2)13-11/h6-7,9H,8H2,1-5H3. The molecule has 0 aliphatic heterocycles. The van der Waals surface area contributed by atoms with Crippen LogP contribution in [0.5, 0.6) is 0 Å². The second-order valence-corrected chi connectivity index (χ2v) is 6.43. The highest BCUT2D eigenvalue weighted by Crippen LogP contribution is 2.33. The van der Waals surface area contributed by atoms with Crippen LogP contribution >= 0.6 is 11.3 Å². The molecule has 0 radical (unpaired) electrons. The molecule has 0 aliphatic rings. The quantitative estimate of drug-likeness (QED) is 0.648. The fourth-order valence-electron chi connectivity index (χ4n) is 1.74. The predicted molar refractivity (Wildman–Crippen MR) is 61.5 cm³/mol. The first kappa shape index (κ1) is 10.8. The Bertz CT molecular complexity index is 265. The molecule has 0 bridgehead atoms. The van der Waals surface area contributed by atoms with Crippen molar-refractivity contribution in [2.24, 2.45) is 5.41 Å². The summed E-state index contributed by atoms with van der Waals surface area (Å²) in [5.41, 5.74) is 0.442. The zero-order valence-electron chi connectivity index (χ0n) is 9.35. The van der Waals surface area contributed by atoms with E-state index in [1.807, 2.05) is 11.3 Å². The minimum atomic E-state index is 0.442. The molecule has 0 N–H and O–H groups in total. The summed E-state index contributed by atoms with van der Waals surface area (Å²) in [6.45, 7) is 11.4. The maximum absolute atomic E-state index is 2.33. The van der Waals surface area contributed by atoms with Crippen molar-refractivity contribution in [1.82, 2.24) is 0 Å². The van der Waals surface area contributed by atoms with Crippen LogP contribution in [-0.4, -0.2) is 0 Å². The van der Waals surface area contributed by atoms with Crippen molar-refractivity contribution in [3.63, 3.8) is 0 Å². The molecular formula is C12H20S. The van der Waals surface area contributed by atoms with Gasteiger partial charge in [0.2, 0.25) is 0 Å². The van der Waals surface area contributed by atoms with E-state index in [1.165, 1.54) is 16.2 Å². The summed E-state index contributed by atoms with van der Waals surface area (Å²) in [5, 5.41) is 0. The Morgan fingerprint density at radius 3 is 2.31 bits per heavy atom. The van der Waals surface area contributed by atoms with E-state index in [0.29, 0.717) is 11.3 Å². The molecule has 0 saturated heterocycles. The summed E-state index contributed by atoms with van der Waals surface area (Å²) in [6, 6.07) is 4.50. The maximum atomic E-state index is 2.33. The molecule has 1 heteroatoms. The van der Waals surface area contributed by atoms with Gasteiger partial charge in [-0.05, 0) is 36.8 Å². The lowest BCUT2D eigenvalue weighted by atomic mass is 9.85. The number of hydrogen-bond donors (Lipinski definition) is 0. The highest BCUT2D eigenvalue weighted by atomic mass is 32.1. The Kier molecular flexibility index (Phi) is 3.18. The zero-order valence-corrected chi connectivity index (χ0v) is 10.2. The first-order valence-corrected chi connectivity index (χ1v) is 5.76. The van der Waals surface area contributed by atoms with Crippen molar-refractivity contribution in [1.29, 1.82) is 0 Å². The molecule has 1 atom stereocenters. The third kappa shape index (κ3) is 3.51. The molecule has 1 rings (SSSR count). The van der Waals surface area contributed by atoms with Gasteiger partial charge >= 0.3 is 0 Å². The molecule has 0 amide bonds. The molecule has 13 heavy (non-hydrogen) atoms. The molecule has 74 valence electrons. The summed E-state index contributed by atoms with van der Waals surface area (Å²) in [5.74, 6) is 0.707. The number of thiophene rings is 1. The van der Waals surface area contributed by atoms with Gasteiger partial charge in [0.1, 0.15) is 0 Å². The predicted octanol–water partition coefficient (Wildman–Crippen LogP) is 4.60. The Hall–Kier alpha value is -0.300. The van der Waals surface area contributed by atoms with E-state index in [-0.39, 0.29) is 0 Å². The number of aryl methyl sites for hydroxylation is 1. The van der Waals surface area contributed by atoms with Gasteiger partial charge in [0.15, 0.2) is 0 Å². The second kappa shape index (κ2) is 3.83. The molecule has 0 aromatic carbocycles. The van der Waals surface area contributed by atoms with Crippen LogP contribution in [0.15, 0.2) is 12.1 Å². The molecular weight excluding hydrogens is 176 g/mol. The van der Waals surface area contributed by atoms with Crippen molar-refractivity contribution in [3.8, 4) is 0 Å². The van der Waals surface area contributed by atoms with Gasteiger partial charge in [0.25, 0.3) is 0 Å². The maximum Gasteiger partial charge on any atom is 0.00764 e. The van der Waals surface area contributed by atoms with Crippen LogP contribution in [0.25, 0.3) is 0 Å². The second-order valence-electron chi connectivity index (χ2n) is 5.11. The molecule has 1 aromatic rings. The summed E-state index contributed by atoms with van der Waals surface area (Å²) in [4.78, 5) is 2.96. The van der Waals surface area contributed by atoms with Crippen molar-refractivity contribution in [2.45, 2.75) is 47.0 Å². The lowest BCUT2D eigenvalue weighted by molar-refractivity contribution is 0.350. The summed E-state index contributed by atoms with van der Waals surface area (Å²) >= 11 is 1.94. The summed E-state index contributed by atoms with van der Waals surface area (Å²) < 4.78 is 0. The van der Waals surface area contributed by atoms with E-state index in [2.05, 4.69) is 46.8 Å². The molecule has 0 nitrogen and oxygen atoms in total. The van der Waals surface area contributed by atoms with Crippen LogP contribution in [0.4, 0.5) is 0 Å². The van der Waals surface area contributed by atoms with Gasteiger partial charge in [-0.25, -0.2) is 0 Å². The smallest absolute Gasteiger partial charge is 0.00764 e. The van der Waals surface area contributed by atoms with Gasteiger partial charge in [-0.2, -0.15) is 0 Å². The van der Waals surface area contributed by atoms with Gasteiger partial charge < -0.3 is 0 Å². The first-order valence-electron chi connectivity index (χ1n) is 4.95. The molecule has 0 saturated carbocycles. The Morgan fingerprint density at radius 1 is 1.31 bits per heavy atom. The minimum Gasteiger partial charge on any atom is -0.145 e. The largest absolute Gasteiger partial charge is 0.145 e. The van der Waals surface area contributed by atoms with Crippen LogP contribution in [0.2, 0.25) is 0 Å². The van der Waals surface area contributed by atoms with Crippen LogP contribution in [0.3, 0.4) is 0 Å².